The van der Waals surface area contributed by atoms with Crippen LogP contribution < -0.4 is 10.6 Å². The second kappa shape index (κ2) is 5.19. The van der Waals surface area contributed by atoms with E-state index < -0.39 is 13.0 Å². The topological polar surface area (TPSA) is 87.6 Å². The molecule has 0 bridgehead atoms. The van der Waals surface area contributed by atoms with E-state index in [2.05, 4.69) is 15.1 Å². The molecule has 0 saturated heterocycles. The molecule has 0 radical (unpaired) electrons. The van der Waals surface area contributed by atoms with Gasteiger partial charge in [-0.1, -0.05) is 5.16 Å². The normalized spacial score (nSPS) is 11.9. The summed E-state index contributed by atoms with van der Waals surface area (Å²) in [5.74, 6) is -0.137. The molecule has 0 aliphatic heterocycles. The van der Waals surface area contributed by atoms with Crippen LogP contribution in [0.25, 0.3) is 0 Å². The summed E-state index contributed by atoms with van der Waals surface area (Å²) in [4.78, 5) is 8.86. The van der Waals surface area contributed by atoms with Gasteiger partial charge in [-0.2, -0.15) is 0 Å². The lowest BCUT2D eigenvalue weighted by atomic mass is 10.3. The van der Waals surface area contributed by atoms with Crippen molar-refractivity contribution in [1.29, 1.82) is 0 Å². The van der Waals surface area contributed by atoms with Crippen molar-refractivity contribution >= 4 is 11.7 Å². The second-order valence-corrected chi connectivity index (χ2v) is 2.99. The van der Waals surface area contributed by atoms with E-state index in [9.17, 15) is 8.78 Å². The Kier molecular flexibility index (Phi) is 3.92. The Bertz CT molecular complexity index is 384. The minimum absolute atomic E-state index is 0.0631. The Morgan fingerprint density at radius 1 is 1.56 bits per heavy atom. The van der Waals surface area contributed by atoms with E-state index in [-0.39, 0.29) is 17.3 Å². The first-order chi connectivity index (χ1) is 7.56. The van der Waals surface area contributed by atoms with E-state index in [0.29, 0.717) is 0 Å². The first-order valence-electron chi connectivity index (χ1n) is 4.34. The van der Waals surface area contributed by atoms with Crippen LogP contribution in [0.5, 0.6) is 0 Å². The number of amidine groups is 1. The van der Waals surface area contributed by atoms with Crippen molar-refractivity contribution in [3.8, 4) is 0 Å². The molecule has 0 aliphatic rings. The van der Waals surface area contributed by atoms with Gasteiger partial charge in [0.2, 0.25) is 0 Å². The molecule has 0 aromatic carbocycles. The van der Waals surface area contributed by atoms with Crippen LogP contribution in [0.4, 0.5) is 14.6 Å². The predicted octanol–water partition coefficient (Wildman–Crippen LogP) is 0.272. The van der Waals surface area contributed by atoms with Crippen molar-refractivity contribution < 1.29 is 14.0 Å². The van der Waals surface area contributed by atoms with Crippen molar-refractivity contribution in [2.75, 3.05) is 18.5 Å². The molecule has 1 rings (SSSR count). The van der Waals surface area contributed by atoms with Crippen molar-refractivity contribution in [3.05, 3.63) is 18.1 Å². The number of rotatable bonds is 4. The SMILES string of the molecule is CN(CC(F)F)c1nccnc1C(N)=NO. The summed E-state index contributed by atoms with van der Waals surface area (Å²) in [5, 5.41) is 11.3. The quantitative estimate of drug-likeness (QED) is 0.336. The third-order valence-electron chi connectivity index (χ3n) is 1.80. The Balaban J connectivity index is 3.03. The maximum atomic E-state index is 12.2. The molecule has 0 amide bonds. The number of oxime groups is 1. The van der Waals surface area contributed by atoms with Crippen molar-refractivity contribution in [2.24, 2.45) is 10.9 Å². The van der Waals surface area contributed by atoms with Crippen LogP contribution in [0.2, 0.25) is 0 Å². The molecule has 0 aliphatic carbocycles. The molecule has 1 heterocycles. The van der Waals surface area contributed by atoms with Gasteiger partial charge < -0.3 is 15.8 Å². The fraction of sp³-hybridized carbons (Fsp3) is 0.375. The van der Waals surface area contributed by atoms with Gasteiger partial charge in [-0.15, -0.1) is 0 Å². The fourth-order valence-corrected chi connectivity index (χ4v) is 1.13. The van der Waals surface area contributed by atoms with Gasteiger partial charge in [0.1, 0.15) is 0 Å². The molecular weight excluding hydrogens is 220 g/mol. The zero-order valence-corrected chi connectivity index (χ0v) is 8.51. The van der Waals surface area contributed by atoms with E-state index in [1.807, 2.05) is 0 Å². The van der Waals surface area contributed by atoms with Crippen molar-refractivity contribution in [1.82, 2.24) is 9.97 Å². The molecule has 88 valence electrons. The molecule has 6 nitrogen and oxygen atoms in total. The van der Waals surface area contributed by atoms with Gasteiger partial charge in [0.15, 0.2) is 17.3 Å². The van der Waals surface area contributed by atoms with E-state index in [0.717, 1.165) is 0 Å². The molecule has 16 heavy (non-hydrogen) atoms. The Labute approximate surface area is 90.4 Å². The van der Waals surface area contributed by atoms with Gasteiger partial charge in [-0.3, -0.25) is 0 Å². The van der Waals surface area contributed by atoms with Gasteiger partial charge in [0.05, 0.1) is 6.54 Å². The van der Waals surface area contributed by atoms with E-state index in [4.69, 9.17) is 10.9 Å². The first-order valence-corrected chi connectivity index (χ1v) is 4.34. The third-order valence-corrected chi connectivity index (χ3v) is 1.80. The van der Waals surface area contributed by atoms with Crippen LogP contribution in [-0.4, -0.2) is 41.0 Å². The maximum absolute atomic E-state index is 12.2. The van der Waals surface area contributed by atoms with Crippen LogP contribution >= 0.6 is 0 Å². The number of nitrogens with two attached hydrogens (primary N) is 1. The molecule has 0 spiro atoms. The predicted molar refractivity (Wildman–Crippen MR) is 53.8 cm³/mol. The standard InChI is InChI=1S/C8H11F2N5O/c1-15(4-5(9)10)8-6(7(11)14-16)12-2-3-13-8/h2-3,5,16H,4H2,1H3,(H2,11,14). The molecule has 0 saturated carbocycles. The zero-order chi connectivity index (χ0) is 12.1. The lowest BCUT2D eigenvalue weighted by Gasteiger charge is -2.19. The highest BCUT2D eigenvalue weighted by molar-refractivity contribution is 5.99. The van der Waals surface area contributed by atoms with Crippen LogP contribution in [0, 0.1) is 0 Å². The second-order valence-electron chi connectivity index (χ2n) is 2.99. The summed E-state index contributed by atoms with van der Waals surface area (Å²) in [7, 11) is 1.42. The smallest absolute Gasteiger partial charge is 0.255 e. The van der Waals surface area contributed by atoms with E-state index in [1.54, 1.807) is 0 Å². The molecule has 3 N–H and O–H groups in total. The fourth-order valence-electron chi connectivity index (χ4n) is 1.13. The lowest BCUT2D eigenvalue weighted by Crippen LogP contribution is -2.29. The maximum Gasteiger partial charge on any atom is 0.255 e. The number of halogens is 2. The minimum atomic E-state index is -2.51. The Morgan fingerprint density at radius 3 is 2.75 bits per heavy atom. The molecular formula is C8H11F2N5O. The number of hydrogen-bond donors (Lipinski definition) is 2. The van der Waals surface area contributed by atoms with Crippen LogP contribution in [0.3, 0.4) is 0 Å². The summed E-state index contributed by atoms with van der Waals surface area (Å²) in [6, 6.07) is 0. The number of nitrogens with zero attached hydrogens (tertiary/aromatic N) is 4. The molecule has 8 heteroatoms. The molecule has 0 fully saturated rings. The molecule has 1 aromatic heterocycles. The average Bonchev–Trinajstić information content (AvgIpc) is 2.27. The van der Waals surface area contributed by atoms with Crippen LogP contribution in [-0.2, 0) is 0 Å². The first kappa shape index (κ1) is 12.1. The molecule has 0 atom stereocenters. The number of anilines is 1. The summed E-state index contributed by atoms with van der Waals surface area (Å²) in [6.45, 7) is -0.510. The highest BCUT2D eigenvalue weighted by Gasteiger charge is 2.16. The van der Waals surface area contributed by atoms with Crippen LogP contribution in [0.15, 0.2) is 17.5 Å². The highest BCUT2D eigenvalue weighted by Crippen LogP contribution is 2.13. The molecule has 1 aromatic rings. The Morgan fingerprint density at radius 2 is 2.19 bits per heavy atom. The summed E-state index contributed by atoms with van der Waals surface area (Å²) >= 11 is 0. The summed E-state index contributed by atoms with van der Waals surface area (Å²) in [6.07, 6.45) is 0.158. The van der Waals surface area contributed by atoms with Gasteiger partial charge >= 0.3 is 0 Å². The van der Waals surface area contributed by atoms with E-state index >= 15 is 0 Å². The number of aromatic nitrogens is 2. The summed E-state index contributed by atoms with van der Waals surface area (Å²) in [5.41, 5.74) is 5.41. The summed E-state index contributed by atoms with van der Waals surface area (Å²) < 4.78 is 24.4. The van der Waals surface area contributed by atoms with Crippen molar-refractivity contribution in [3.63, 3.8) is 0 Å². The van der Waals surface area contributed by atoms with Crippen LogP contribution in [0.1, 0.15) is 5.69 Å². The minimum Gasteiger partial charge on any atom is -0.409 e. The van der Waals surface area contributed by atoms with Gasteiger partial charge in [0, 0.05) is 19.4 Å². The van der Waals surface area contributed by atoms with E-state index in [1.165, 1.54) is 24.3 Å². The van der Waals surface area contributed by atoms with Crippen molar-refractivity contribution in [2.45, 2.75) is 6.43 Å². The monoisotopic (exact) mass is 231 g/mol. The highest BCUT2D eigenvalue weighted by atomic mass is 19.3. The average molecular weight is 231 g/mol. The number of alkyl halides is 2. The molecule has 0 unspecified atom stereocenters. The van der Waals surface area contributed by atoms with Gasteiger partial charge in [-0.25, -0.2) is 18.7 Å². The zero-order valence-electron chi connectivity index (χ0n) is 8.51. The van der Waals surface area contributed by atoms with Gasteiger partial charge in [-0.05, 0) is 0 Å². The lowest BCUT2D eigenvalue weighted by molar-refractivity contribution is 0.156. The number of hydrogen-bond acceptors (Lipinski definition) is 5. The third kappa shape index (κ3) is 2.75. The Hall–Kier alpha value is -1.99. The van der Waals surface area contributed by atoms with Gasteiger partial charge in [0.25, 0.3) is 6.43 Å². The largest absolute Gasteiger partial charge is 0.409 e.